The maximum atomic E-state index is 12.4. The first-order chi connectivity index (χ1) is 11.0. The number of carbonyl (C=O) groups is 1. The summed E-state index contributed by atoms with van der Waals surface area (Å²) in [5.74, 6) is 0.448. The van der Waals surface area contributed by atoms with Crippen LogP contribution in [0.25, 0.3) is 0 Å². The predicted molar refractivity (Wildman–Crippen MR) is 83.9 cm³/mol. The Labute approximate surface area is 135 Å². The normalized spacial score (nSPS) is 21.2. The average Bonchev–Trinajstić information content (AvgIpc) is 2.92. The van der Waals surface area contributed by atoms with Crippen LogP contribution in [0.2, 0.25) is 0 Å². The summed E-state index contributed by atoms with van der Waals surface area (Å²) in [6.07, 6.45) is 5.05. The molecule has 2 atom stereocenters. The van der Waals surface area contributed by atoms with Crippen LogP contribution in [0.3, 0.4) is 0 Å². The molecule has 1 N–H and O–H groups in total. The summed E-state index contributed by atoms with van der Waals surface area (Å²) in [5.41, 5.74) is 2.23. The lowest BCUT2D eigenvalue weighted by atomic mass is 10.0. The molecule has 2 aromatic rings. The van der Waals surface area contributed by atoms with Gasteiger partial charge in [-0.15, -0.1) is 0 Å². The summed E-state index contributed by atoms with van der Waals surface area (Å²) >= 11 is 0. The molecule has 1 aliphatic rings. The Morgan fingerprint density at radius 3 is 2.91 bits per heavy atom. The van der Waals surface area contributed by atoms with Crippen molar-refractivity contribution < 1.29 is 9.53 Å². The van der Waals surface area contributed by atoms with E-state index in [1.165, 1.54) is 0 Å². The van der Waals surface area contributed by atoms with Crippen LogP contribution in [-0.4, -0.2) is 38.1 Å². The van der Waals surface area contributed by atoms with Crippen molar-refractivity contribution in [3.63, 3.8) is 0 Å². The van der Waals surface area contributed by atoms with Gasteiger partial charge >= 0.3 is 0 Å². The zero-order valence-electron chi connectivity index (χ0n) is 13.6. The number of nitrogens with one attached hydrogen (secondary N) is 1. The predicted octanol–water partition coefficient (Wildman–Crippen LogP) is 1.48. The minimum Gasteiger partial charge on any atom is -0.372 e. The summed E-state index contributed by atoms with van der Waals surface area (Å²) in [5, 5.41) is 3.06. The summed E-state index contributed by atoms with van der Waals surface area (Å²) in [6.45, 7) is 4.26. The second-order valence-electron chi connectivity index (χ2n) is 5.93. The van der Waals surface area contributed by atoms with E-state index in [9.17, 15) is 4.79 Å². The first-order valence-electron chi connectivity index (χ1n) is 7.74. The van der Waals surface area contributed by atoms with Gasteiger partial charge < -0.3 is 14.6 Å². The zero-order chi connectivity index (χ0) is 16.4. The number of nitrogens with zero attached hydrogens (tertiary/aromatic N) is 4. The minimum atomic E-state index is -0.158. The van der Waals surface area contributed by atoms with Crippen LogP contribution >= 0.6 is 0 Å². The fraction of sp³-hybridized carbons (Fsp3) is 0.500. The second kappa shape index (κ2) is 6.45. The number of rotatable bonds is 3. The van der Waals surface area contributed by atoms with Gasteiger partial charge in [0.05, 0.1) is 18.2 Å². The van der Waals surface area contributed by atoms with Gasteiger partial charge in [0, 0.05) is 25.4 Å². The molecule has 0 aromatic carbocycles. The van der Waals surface area contributed by atoms with E-state index in [1.54, 1.807) is 19.3 Å². The Kier molecular flexibility index (Phi) is 4.38. The summed E-state index contributed by atoms with van der Waals surface area (Å²) in [4.78, 5) is 25.0. The Morgan fingerprint density at radius 2 is 2.22 bits per heavy atom. The van der Waals surface area contributed by atoms with Gasteiger partial charge in [-0.3, -0.25) is 4.79 Å². The van der Waals surface area contributed by atoms with Gasteiger partial charge in [-0.2, -0.15) is 0 Å². The largest absolute Gasteiger partial charge is 0.372 e. The molecular weight excluding hydrogens is 294 g/mol. The highest BCUT2D eigenvalue weighted by molar-refractivity contribution is 5.92. The molecule has 23 heavy (non-hydrogen) atoms. The van der Waals surface area contributed by atoms with Crippen molar-refractivity contribution in [2.24, 2.45) is 7.05 Å². The van der Waals surface area contributed by atoms with Crippen LogP contribution in [0.4, 0.5) is 0 Å². The second-order valence-corrected chi connectivity index (χ2v) is 5.93. The molecule has 7 heteroatoms. The van der Waals surface area contributed by atoms with Crippen molar-refractivity contribution in [3.05, 3.63) is 41.5 Å². The summed E-state index contributed by atoms with van der Waals surface area (Å²) < 4.78 is 7.77. The van der Waals surface area contributed by atoms with E-state index in [0.717, 1.165) is 24.2 Å². The van der Waals surface area contributed by atoms with E-state index >= 15 is 0 Å². The van der Waals surface area contributed by atoms with Crippen molar-refractivity contribution in [2.75, 3.05) is 6.61 Å². The molecule has 122 valence electrons. The summed E-state index contributed by atoms with van der Waals surface area (Å²) in [7, 11) is 1.94. The number of amides is 1. The molecule has 7 nitrogen and oxygen atoms in total. The van der Waals surface area contributed by atoms with Crippen LogP contribution in [0.5, 0.6) is 0 Å². The Hall–Kier alpha value is -2.28. The maximum Gasteiger partial charge on any atom is 0.270 e. The highest BCUT2D eigenvalue weighted by Crippen LogP contribution is 2.27. The van der Waals surface area contributed by atoms with Crippen LogP contribution in [0, 0.1) is 13.8 Å². The van der Waals surface area contributed by atoms with Gasteiger partial charge in [0.15, 0.2) is 0 Å². The molecule has 2 aromatic heterocycles. The molecule has 0 unspecified atom stereocenters. The number of imidazole rings is 1. The minimum absolute atomic E-state index is 0.0459. The SMILES string of the molecule is Cc1cc(C(=O)N[C@@H]2CCO[C@H](c3cncn3C)C2)nc(C)n1. The number of aryl methyl sites for hydroxylation is 3. The first kappa shape index (κ1) is 15.6. The van der Waals surface area contributed by atoms with Crippen molar-refractivity contribution in [2.45, 2.75) is 38.8 Å². The van der Waals surface area contributed by atoms with E-state index in [-0.39, 0.29) is 18.1 Å². The zero-order valence-corrected chi connectivity index (χ0v) is 13.6. The molecule has 0 saturated carbocycles. The molecule has 3 rings (SSSR count). The number of carbonyl (C=O) groups excluding carboxylic acids is 1. The molecule has 1 fully saturated rings. The van der Waals surface area contributed by atoms with Crippen LogP contribution in [-0.2, 0) is 11.8 Å². The van der Waals surface area contributed by atoms with Crippen LogP contribution in [0.1, 0.15) is 46.6 Å². The highest BCUT2D eigenvalue weighted by Gasteiger charge is 2.27. The average molecular weight is 315 g/mol. The topological polar surface area (TPSA) is 81.9 Å². The standard InChI is InChI=1S/C16H21N5O2/c1-10-6-13(19-11(2)18-10)16(22)20-12-4-5-23-15(7-12)14-8-17-9-21(14)3/h6,8-9,12,15H,4-5,7H2,1-3H3,(H,20,22)/t12-,15+/m1/s1. The van der Waals surface area contributed by atoms with Crippen LogP contribution in [0.15, 0.2) is 18.6 Å². The molecule has 0 spiro atoms. The Morgan fingerprint density at radius 1 is 1.39 bits per heavy atom. The fourth-order valence-electron chi connectivity index (χ4n) is 2.90. The molecule has 1 saturated heterocycles. The van der Waals surface area contributed by atoms with E-state index in [0.29, 0.717) is 18.1 Å². The Bertz CT molecular complexity index is 692. The molecule has 3 heterocycles. The Balaban J connectivity index is 1.67. The molecular formula is C16H21N5O2. The monoisotopic (exact) mass is 315 g/mol. The summed E-state index contributed by atoms with van der Waals surface area (Å²) in [6, 6.07) is 1.77. The van der Waals surface area contributed by atoms with Gasteiger partial charge in [-0.1, -0.05) is 0 Å². The van der Waals surface area contributed by atoms with E-state index < -0.39 is 0 Å². The lowest BCUT2D eigenvalue weighted by Crippen LogP contribution is -2.40. The van der Waals surface area contributed by atoms with Gasteiger partial charge in [-0.25, -0.2) is 15.0 Å². The first-order valence-corrected chi connectivity index (χ1v) is 7.74. The van der Waals surface area contributed by atoms with E-state index in [1.807, 2.05) is 24.7 Å². The van der Waals surface area contributed by atoms with Gasteiger partial charge in [0.1, 0.15) is 17.6 Å². The van der Waals surface area contributed by atoms with Crippen molar-refractivity contribution in [1.29, 1.82) is 0 Å². The fourth-order valence-corrected chi connectivity index (χ4v) is 2.90. The molecule has 0 aliphatic carbocycles. The van der Waals surface area contributed by atoms with Gasteiger partial charge in [-0.05, 0) is 32.8 Å². The maximum absolute atomic E-state index is 12.4. The van der Waals surface area contributed by atoms with Crippen molar-refractivity contribution >= 4 is 5.91 Å². The quantitative estimate of drug-likeness (QED) is 0.927. The van der Waals surface area contributed by atoms with E-state index in [4.69, 9.17) is 4.74 Å². The highest BCUT2D eigenvalue weighted by atomic mass is 16.5. The number of hydrogen-bond acceptors (Lipinski definition) is 5. The van der Waals surface area contributed by atoms with E-state index in [2.05, 4.69) is 20.3 Å². The molecule has 1 amide bonds. The molecule has 1 aliphatic heterocycles. The van der Waals surface area contributed by atoms with Crippen LogP contribution < -0.4 is 5.32 Å². The number of ether oxygens (including phenoxy) is 1. The lowest BCUT2D eigenvalue weighted by Gasteiger charge is -2.30. The van der Waals surface area contributed by atoms with Gasteiger partial charge in [0.2, 0.25) is 0 Å². The molecule has 0 radical (unpaired) electrons. The third-order valence-corrected chi connectivity index (χ3v) is 4.00. The molecule has 0 bridgehead atoms. The third-order valence-electron chi connectivity index (χ3n) is 4.00. The smallest absolute Gasteiger partial charge is 0.270 e. The number of aromatic nitrogens is 4. The van der Waals surface area contributed by atoms with Crippen molar-refractivity contribution in [1.82, 2.24) is 24.8 Å². The van der Waals surface area contributed by atoms with Crippen molar-refractivity contribution in [3.8, 4) is 0 Å². The number of hydrogen-bond donors (Lipinski definition) is 1. The van der Waals surface area contributed by atoms with Gasteiger partial charge in [0.25, 0.3) is 5.91 Å². The third kappa shape index (κ3) is 3.56. The lowest BCUT2D eigenvalue weighted by molar-refractivity contribution is -0.00305.